The molecular weight excluding hydrogens is 352 g/mol. The summed E-state index contributed by atoms with van der Waals surface area (Å²) in [4.78, 5) is 41.5. The largest absolute Gasteiger partial charge is 0.494 e. The molecule has 0 amide bonds. The zero-order valence-corrected chi connectivity index (χ0v) is 15.5. The first-order chi connectivity index (χ1) is 12.4. The van der Waals surface area contributed by atoms with Gasteiger partial charge in [0, 0.05) is 10.9 Å². The Morgan fingerprint density at radius 1 is 1.19 bits per heavy atom. The van der Waals surface area contributed by atoms with Crippen molar-refractivity contribution >= 4 is 33.1 Å². The smallest absolute Gasteiger partial charge is 0.263 e. The van der Waals surface area contributed by atoms with Crippen LogP contribution < -0.4 is 10.3 Å². The van der Waals surface area contributed by atoms with Crippen LogP contribution in [0.1, 0.15) is 26.8 Å². The summed E-state index contributed by atoms with van der Waals surface area (Å²) in [7, 11) is 0. The Morgan fingerprint density at radius 3 is 2.42 bits per heavy atom. The molecule has 6 nitrogen and oxygen atoms in total. The van der Waals surface area contributed by atoms with E-state index in [9.17, 15) is 14.4 Å². The van der Waals surface area contributed by atoms with E-state index in [1.54, 1.807) is 0 Å². The first kappa shape index (κ1) is 18.0. The molecule has 0 saturated heterocycles. The number of aromatic nitrogens is 2. The summed E-state index contributed by atoms with van der Waals surface area (Å²) in [5.74, 6) is -0.0308. The second-order valence-electron chi connectivity index (χ2n) is 5.87. The van der Waals surface area contributed by atoms with Crippen LogP contribution >= 0.6 is 11.3 Å². The summed E-state index contributed by atoms with van der Waals surface area (Å²) >= 11 is 1.35. The molecule has 0 radical (unpaired) electrons. The van der Waals surface area contributed by atoms with Crippen LogP contribution in [-0.4, -0.2) is 27.7 Å². The molecule has 3 rings (SSSR count). The molecule has 0 unspecified atom stereocenters. The van der Waals surface area contributed by atoms with Crippen molar-refractivity contribution in [2.45, 2.75) is 26.8 Å². The summed E-state index contributed by atoms with van der Waals surface area (Å²) in [5.41, 5.74) is 1.18. The normalized spacial score (nSPS) is 11.1. The number of nitrogens with zero attached hydrogens (tertiary/aromatic N) is 2. The van der Waals surface area contributed by atoms with E-state index in [1.807, 2.05) is 36.6 Å². The van der Waals surface area contributed by atoms with Gasteiger partial charge in [0.1, 0.15) is 16.9 Å². The summed E-state index contributed by atoms with van der Waals surface area (Å²) in [6, 6.07) is 6.27. The van der Waals surface area contributed by atoms with Crippen LogP contribution in [0.2, 0.25) is 0 Å². The minimum Gasteiger partial charge on any atom is -0.494 e. The van der Waals surface area contributed by atoms with E-state index in [1.165, 1.54) is 31.5 Å². The molecule has 0 atom stereocenters. The summed E-state index contributed by atoms with van der Waals surface area (Å²) in [5, 5.41) is 2.27. The monoisotopic (exact) mass is 370 g/mol. The first-order valence-corrected chi connectivity index (χ1v) is 9.04. The number of Topliss-reactive ketones (excluding diaryl/α,β-unsaturated/α-hetero) is 2. The van der Waals surface area contributed by atoms with Crippen molar-refractivity contribution in [3.05, 3.63) is 46.3 Å². The van der Waals surface area contributed by atoms with E-state index >= 15 is 0 Å². The molecule has 2 heterocycles. The number of carbonyl (C=O) groups excluding carboxylic acids is 2. The van der Waals surface area contributed by atoms with Crippen molar-refractivity contribution in [3.8, 4) is 16.9 Å². The Bertz CT molecular complexity index is 1020. The number of hydrogen-bond acceptors (Lipinski definition) is 6. The quantitative estimate of drug-likeness (QED) is 0.623. The van der Waals surface area contributed by atoms with Gasteiger partial charge in [-0.3, -0.25) is 19.0 Å². The van der Waals surface area contributed by atoms with Crippen molar-refractivity contribution in [1.29, 1.82) is 0 Å². The van der Waals surface area contributed by atoms with Gasteiger partial charge in [-0.25, -0.2) is 4.98 Å². The molecule has 0 saturated carbocycles. The summed E-state index contributed by atoms with van der Waals surface area (Å²) < 4.78 is 6.56. The molecule has 0 aliphatic rings. The first-order valence-electron chi connectivity index (χ1n) is 8.16. The van der Waals surface area contributed by atoms with Crippen LogP contribution in [0.25, 0.3) is 21.3 Å². The number of ketones is 2. The van der Waals surface area contributed by atoms with E-state index in [-0.39, 0.29) is 0 Å². The lowest BCUT2D eigenvalue weighted by Gasteiger charge is -2.13. The lowest BCUT2D eigenvalue weighted by Crippen LogP contribution is -2.33. The zero-order chi connectivity index (χ0) is 18.8. The number of ether oxygens (including phenoxy) is 1. The molecule has 0 aliphatic heterocycles. The molecule has 134 valence electrons. The maximum absolute atomic E-state index is 13.0. The van der Waals surface area contributed by atoms with E-state index in [0.29, 0.717) is 16.8 Å². The van der Waals surface area contributed by atoms with Crippen LogP contribution in [0.3, 0.4) is 0 Å². The van der Waals surface area contributed by atoms with Crippen molar-refractivity contribution in [2.24, 2.45) is 0 Å². The van der Waals surface area contributed by atoms with Crippen LogP contribution in [-0.2, 0) is 9.59 Å². The summed E-state index contributed by atoms with van der Waals surface area (Å²) in [6.45, 7) is 5.08. The van der Waals surface area contributed by atoms with Gasteiger partial charge in [-0.2, -0.15) is 0 Å². The molecule has 1 aromatic carbocycles. The van der Waals surface area contributed by atoms with Crippen molar-refractivity contribution < 1.29 is 14.3 Å². The molecule has 0 aliphatic carbocycles. The van der Waals surface area contributed by atoms with Gasteiger partial charge in [0.25, 0.3) is 5.56 Å². The van der Waals surface area contributed by atoms with Gasteiger partial charge in [0.05, 0.1) is 12.0 Å². The minimum absolute atomic E-state index is 0.390. The van der Waals surface area contributed by atoms with Gasteiger partial charge < -0.3 is 4.74 Å². The molecule has 0 spiro atoms. The van der Waals surface area contributed by atoms with E-state index in [4.69, 9.17) is 4.74 Å². The molecule has 7 heteroatoms. The second-order valence-corrected chi connectivity index (χ2v) is 6.73. The third-order valence-corrected chi connectivity index (χ3v) is 4.93. The highest BCUT2D eigenvalue weighted by Gasteiger charge is 2.25. The molecule has 2 aromatic heterocycles. The van der Waals surface area contributed by atoms with Crippen LogP contribution in [0.15, 0.2) is 40.8 Å². The highest BCUT2D eigenvalue weighted by Crippen LogP contribution is 2.32. The van der Waals surface area contributed by atoms with Crippen LogP contribution in [0.4, 0.5) is 0 Å². The highest BCUT2D eigenvalue weighted by atomic mass is 32.1. The fourth-order valence-electron chi connectivity index (χ4n) is 2.92. The molecule has 0 N–H and O–H groups in total. The Labute approximate surface area is 154 Å². The van der Waals surface area contributed by atoms with Gasteiger partial charge in [-0.15, -0.1) is 11.3 Å². The molecule has 3 aromatic rings. The molecular formula is C19H18N2O4S. The third kappa shape index (κ3) is 3.17. The van der Waals surface area contributed by atoms with Crippen LogP contribution in [0, 0.1) is 0 Å². The fraction of sp³-hybridized carbons (Fsp3) is 0.263. The summed E-state index contributed by atoms with van der Waals surface area (Å²) in [6.07, 6.45) is 1.27. The van der Waals surface area contributed by atoms with Crippen LogP contribution in [0.5, 0.6) is 5.75 Å². The van der Waals surface area contributed by atoms with E-state index < -0.39 is 23.2 Å². The number of fused-ring (bicyclic) bond motifs is 1. The lowest BCUT2D eigenvalue weighted by atomic mass is 10.1. The Kier molecular flexibility index (Phi) is 4.99. The van der Waals surface area contributed by atoms with Gasteiger partial charge in [-0.1, -0.05) is 12.1 Å². The fourth-order valence-corrected chi connectivity index (χ4v) is 3.82. The molecule has 0 fully saturated rings. The SMILES string of the molecule is CCOc1ccc(-c2csc3ncn(C(C(C)=O)C(C)=O)c(=O)c23)cc1. The second kappa shape index (κ2) is 7.21. The predicted octanol–water partition coefficient (Wildman–Crippen LogP) is 3.24. The van der Waals surface area contributed by atoms with Gasteiger partial charge in [0.15, 0.2) is 17.6 Å². The van der Waals surface area contributed by atoms with Gasteiger partial charge >= 0.3 is 0 Å². The maximum Gasteiger partial charge on any atom is 0.263 e. The third-order valence-electron chi connectivity index (χ3n) is 4.04. The molecule has 26 heavy (non-hydrogen) atoms. The minimum atomic E-state index is -1.15. The number of benzene rings is 1. The van der Waals surface area contributed by atoms with Crippen molar-refractivity contribution in [1.82, 2.24) is 9.55 Å². The predicted molar refractivity (Wildman–Crippen MR) is 101 cm³/mol. The van der Waals surface area contributed by atoms with E-state index in [2.05, 4.69) is 4.98 Å². The Morgan fingerprint density at radius 2 is 1.85 bits per heavy atom. The van der Waals surface area contributed by atoms with Gasteiger partial charge in [0.2, 0.25) is 0 Å². The highest BCUT2D eigenvalue weighted by molar-refractivity contribution is 7.17. The standard InChI is InChI=1S/C19H18N2O4S/c1-4-25-14-7-5-13(6-8-14)15-9-26-18-16(15)19(24)21(10-20-18)17(11(2)22)12(3)23/h5-10,17H,4H2,1-3H3. The number of thiophene rings is 1. The number of rotatable bonds is 6. The Hall–Kier alpha value is -2.80. The average molecular weight is 370 g/mol. The van der Waals surface area contributed by atoms with E-state index in [0.717, 1.165) is 21.4 Å². The lowest BCUT2D eigenvalue weighted by molar-refractivity contribution is -0.129. The number of hydrogen-bond donors (Lipinski definition) is 0. The molecule has 0 bridgehead atoms. The maximum atomic E-state index is 13.0. The Balaban J connectivity index is 2.17. The van der Waals surface area contributed by atoms with Crippen molar-refractivity contribution in [3.63, 3.8) is 0 Å². The topological polar surface area (TPSA) is 78.3 Å². The van der Waals surface area contributed by atoms with Crippen molar-refractivity contribution in [2.75, 3.05) is 6.61 Å². The average Bonchev–Trinajstić information content (AvgIpc) is 3.02. The number of carbonyl (C=O) groups is 2. The van der Waals surface area contributed by atoms with Gasteiger partial charge in [-0.05, 0) is 38.5 Å². The zero-order valence-electron chi connectivity index (χ0n) is 14.7.